The van der Waals surface area contributed by atoms with Crippen LogP contribution in [-0.2, 0) is 0 Å². The van der Waals surface area contributed by atoms with Crippen LogP contribution in [0.4, 0.5) is 0 Å². The summed E-state index contributed by atoms with van der Waals surface area (Å²) in [6.45, 7) is 16.2. The number of hydrogen-bond donors (Lipinski definition) is 1. The van der Waals surface area contributed by atoms with Gasteiger partial charge in [-0.1, -0.05) is 52.8 Å². The molecule has 0 unspecified atom stereocenters. The molecular weight excluding hydrogens is 208 g/mol. The zero-order valence-corrected chi connectivity index (χ0v) is 12.3. The summed E-state index contributed by atoms with van der Waals surface area (Å²) in [6.07, 6.45) is 6.99. The molecule has 0 aromatic heterocycles. The van der Waals surface area contributed by atoms with Crippen LogP contribution in [0, 0.1) is 11.3 Å². The predicted octanol–water partition coefficient (Wildman–Crippen LogP) is 4.58. The second kappa shape index (κ2) is 20.0. The smallest absolute Gasteiger partial charge is 0.103 e. The maximum Gasteiger partial charge on any atom is 0.103 e. The Labute approximate surface area is 108 Å². The highest BCUT2D eigenvalue weighted by Gasteiger charge is 1.93. The van der Waals surface area contributed by atoms with Crippen molar-refractivity contribution in [1.82, 2.24) is 5.32 Å². The third-order valence-electron chi connectivity index (χ3n) is 1.27. The average molecular weight is 236 g/mol. The minimum absolute atomic E-state index is 0.316. The number of rotatable bonds is 4. The fourth-order valence-corrected chi connectivity index (χ4v) is 0.679. The maximum absolute atomic E-state index is 8.33. The van der Waals surface area contributed by atoms with Crippen molar-refractivity contribution in [3.8, 4) is 6.07 Å². The Hall–Kier alpha value is -1.49. The lowest BCUT2D eigenvalue weighted by atomic mass is 10.2. The number of hydrogen-bond acceptors (Lipinski definition) is 2. The molecule has 0 saturated carbocycles. The highest BCUT2D eigenvalue weighted by Crippen LogP contribution is 2.01. The normalized spacial score (nSPS) is 9.35. The highest BCUT2D eigenvalue weighted by molar-refractivity contribution is 5.28. The molecule has 1 N–H and O–H groups in total. The van der Waals surface area contributed by atoms with Crippen molar-refractivity contribution >= 4 is 0 Å². The summed E-state index contributed by atoms with van der Waals surface area (Å²) in [7, 11) is 0. The van der Waals surface area contributed by atoms with Gasteiger partial charge in [0.25, 0.3) is 0 Å². The van der Waals surface area contributed by atoms with Gasteiger partial charge in [-0.15, -0.1) is 0 Å². The van der Waals surface area contributed by atoms with E-state index < -0.39 is 0 Å². The van der Waals surface area contributed by atoms with Crippen LogP contribution in [0.5, 0.6) is 0 Å². The molecule has 0 fully saturated rings. The third kappa shape index (κ3) is 20.6. The van der Waals surface area contributed by atoms with Gasteiger partial charge in [-0.25, -0.2) is 0 Å². The molecule has 2 nitrogen and oxygen atoms in total. The molecule has 0 rings (SSSR count). The SMILES string of the molecule is C=C(C)/C(=C\C=C/C)NCC#N.CC.CCC. The molecule has 0 aromatic carbocycles. The minimum atomic E-state index is 0.316. The van der Waals surface area contributed by atoms with Crippen LogP contribution >= 0.6 is 0 Å². The van der Waals surface area contributed by atoms with Crippen molar-refractivity contribution in [3.05, 3.63) is 36.1 Å². The van der Waals surface area contributed by atoms with E-state index in [9.17, 15) is 0 Å². The molecule has 2 heteroatoms. The molecule has 0 aliphatic heterocycles. The van der Waals surface area contributed by atoms with Crippen LogP contribution in [0.1, 0.15) is 48.0 Å². The summed E-state index contributed by atoms with van der Waals surface area (Å²) < 4.78 is 0. The molecule has 17 heavy (non-hydrogen) atoms. The first-order valence-electron chi connectivity index (χ1n) is 6.23. The standard InChI is InChI=1S/C10H14N2.C3H8.C2H6/c1-4-5-6-10(9(2)3)12-8-7-11;1-3-2;1-2/h4-6,12H,2,8H2,1,3H3;3H2,1-2H3;1-2H3/b5-4-,10-6+;;. The fourth-order valence-electron chi connectivity index (χ4n) is 0.679. The largest absolute Gasteiger partial charge is 0.372 e. The molecule has 98 valence electrons. The van der Waals surface area contributed by atoms with Crippen LogP contribution in [0.15, 0.2) is 36.1 Å². The number of nitriles is 1. The molecule has 0 radical (unpaired) electrons. The van der Waals surface area contributed by atoms with Gasteiger partial charge in [-0.2, -0.15) is 5.26 Å². The van der Waals surface area contributed by atoms with Crippen LogP contribution in [0.3, 0.4) is 0 Å². The quantitative estimate of drug-likeness (QED) is 0.573. The molecule has 0 aromatic rings. The van der Waals surface area contributed by atoms with Crippen LogP contribution < -0.4 is 5.32 Å². The molecule has 0 aliphatic carbocycles. The molecular formula is C15H28N2. The van der Waals surface area contributed by atoms with Gasteiger partial charge in [0.1, 0.15) is 6.54 Å². The van der Waals surface area contributed by atoms with Crippen molar-refractivity contribution in [3.63, 3.8) is 0 Å². The lowest BCUT2D eigenvalue weighted by molar-refractivity contribution is 0.922. The fraction of sp³-hybridized carbons (Fsp3) is 0.533. The number of allylic oxidation sites excluding steroid dienone is 4. The van der Waals surface area contributed by atoms with E-state index in [1.165, 1.54) is 6.42 Å². The zero-order chi connectivity index (χ0) is 14.1. The summed E-state index contributed by atoms with van der Waals surface area (Å²) in [5.41, 5.74) is 1.85. The van der Waals surface area contributed by atoms with Gasteiger partial charge in [0.05, 0.1) is 6.07 Å². The van der Waals surface area contributed by atoms with Gasteiger partial charge in [0.2, 0.25) is 0 Å². The highest BCUT2D eigenvalue weighted by atomic mass is 14.9. The van der Waals surface area contributed by atoms with Crippen molar-refractivity contribution in [2.45, 2.75) is 48.0 Å². The van der Waals surface area contributed by atoms with Crippen LogP contribution in [-0.4, -0.2) is 6.54 Å². The van der Waals surface area contributed by atoms with E-state index in [2.05, 4.69) is 25.7 Å². The van der Waals surface area contributed by atoms with Gasteiger partial charge in [0.15, 0.2) is 0 Å². The summed E-state index contributed by atoms with van der Waals surface area (Å²) in [4.78, 5) is 0. The molecule has 0 saturated heterocycles. The van der Waals surface area contributed by atoms with Crippen molar-refractivity contribution < 1.29 is 0 Å². The maximum atomic E-state index is 8.33. The Morgan fingerprint density at radius 3 is 2.12 bits per heavy atom. The molecule has 0 spiro atoms. The second-order valence-corrected chi connectivity index (χ2v) is 3.11. The number of nitrogens with one attached hydrogen (secondary N) is 1. The minimum Gasteiger partial charge on any atom is -0.372 e. The summed E-state index contributed by atoms with van der Waals surface area (Å²) in [5.74, 6) is 0. The van der Waals surface area contributed by atoms with Gasteiger partial charge in [-0.3, -0.25) is 0 Å². The van der Waals surface area contributed by atoms with Gasteiger partial charge >= 0.3 is 0 Å². The van der Waals surface area contributed by atoms with E-state index in [0.29, 0.717) is 6.54 Å². The molecule has 0 amide bonds. The lowest BCUT2D eigenvalue weighted by Crippen LogP contribution is -2.13. The van der Waals surface area contributed by atoms with E-state index >= 15 is 0 Å². The second-order valence-electron chi connectivity index (χ2n) is 3.11. The first-order chi connectivity index (χ1) is 8.13. The van der Waals surface area contributed by atoms with E-state index in [4.69, 9.17) is 5.26 Å². The first-order valence-corrected chi connectivity index (χ1v) is 6.23. The monoisotopic (exact) mass is 236 g/mol. The Morgan fingerprint density at radius 1 is 1.35 bits per heavy atom. The van der Waals surface area contributed by atoms with Gasteiger partial charge < -0.3 is 5.32 Å². The predicted molar refractivity (Wildman–Crippen MR) is 78.6 cm³/mol. The number of nitrogens with zero attached hydrogens (tertiary/aromatic N) is 1. The first kappa shape index (κ1) is 20.9. The molecule has 0 heterocycles. The topological polar surface area (TPSA) is 35.8 Å². The lowest BCUT2D eigenvalue weighted by Gasteiger charge is -2.05. The summed E-state index contributed by atoms with van der Waals surface area (Å²) in [6, 6.07) is 2.01. The van der Waals surface area contributed by atoms with E-state index in [1.807, 2.05) is 52.0 Å². The Kier molecular flexibility index (Phi) is 24.5. The van der Waals surface area contributed by atoms with Crippen LogP contribution in [0.25, 0.3) is 0 Å². The molecule has 0 bridgehead atoms. The van der Waals surface area contributed by atoms with E-state index in [1.54, 1.807) is 0 Å². The van der Waals surface area contributed by atoms with Gasteiger partial charge in [0, 0.05) is 5.70 Å². The molecule has 0 aliphatic rings. The Bertz CT molecular complexity index is 255. The van der Waals surface area contributed by atoms with Crippen LogP contribution in [0.2, 0.25) is 0 Å². The summed E-state index contributed by atoms with van der Waals surface area (Å²) >= 11 is 0. The Morgan fingerprint density at radius 2 is 1.82 bits per heavy atom. The van der Waals surface area contributed by atoms with Crippen molar-refractivity contribution in [2.24, 2.45) is 0 Å². The third-order valence-corrected chi connectivity index (χ3v) is 1.27. The van der Waals surface area contributed by atoms with E-state index in [0.717, 1.165) is 11.3 Å². The summed E-state index contributed by atoms with van der Waals surface area (Å²) in [5, 5.41) is 11.3. The van der Waals surface area contributed by atoms with Crippen molar-refractivity contribution in [1.29, 1.82) is 5.26 Å². The van der Waals surface area contributed by atoms with E-state index in [-0.39, 0.29) is 0 Å². The average Bonchev–Trinajstić information content (AvgIpc) is 2.32. The van der Waals surface area contributed by atoms with Gasteiger partial charge in [-0.05, 0) is 25.5 Å². The Balaban J connectivity index is -0.000000337. The zero-order valence-electron chi connectivity index (χ0n) is 12.3. The van der Waals surface area contributed by atoms with Crippen molar-refractivity contribution in [2.75, 3.05) is 6.54 Å². The molecule has 0 atom stereocenters.